The molecule has 7 heterocycles. The number of thiazole rings is 1. The summed E-state index contributed by atoms with van der Waals surface area (Å²) in [7, 11) is 1.70. The summed E-state index contributed by atoms with van der Waals surface area (Å²) in [6.45, 7) is 11.8. The first-order valence-electron chi connectivity index (χ1n) is 20.4. The maximum atomic E-state index is 14.7. The van der Waals surface area contributed by atoms with Crippen molar-refractivity contribution in [1.29, 1.82) is 0 Å². The predicted octanol–water partition coefficient (Wildman–Crippen LogP) is 6.52. The van der Waals surface area contributed by atoms with Crippen molar-refractivity contribution in [2.75, 3.05) is 20.3 Å². The monoisotopic (exact) mass is 800 g/mol. The Balaban J connectivity index is 1.14. The topological polar surface area (TPSA) is 132 Å². The van der Waals surface area contributed by atoms with Gasteiger partial charge in [0.05, 0.1) is 42.1 Å². The van der Waals surface area contributed by atoms with Crippen molar-refractivity contribution in [3.63, 3.8) is 0 Å². The smallest absolute Gasteiger partial charge is 0.392 e. The number of esters is 1. The van der Waals surface area contributed by atoms with Crippen LogP contribution in [-0.2, 0) is 43.2 Å². The first-order chi connectivity index (χ1) is 27.9. The number of nitrogens with one attached hydrogen (secondary N) is 1. The largest absolute Gasteiger partial charge is 0.464 e. The number of hydrazine groups is 1. The Labute approximate surface area is 342 Å². The van der Waals surface area contributed by atoms with Crippen LogP contribution < -0.4 is 5.43 Å². The molecule has 1 aliphatic carbocycles. The van der Waals surface area contributed by atoms with Crippen molar-refractivity contribution in [1.82, 2.24) is 30.0 Å². The third kappa shape index (κ3) is 6.57. The Morgan fingerprint density at radius 3 is 2.72 bits per heavy atom. The zero-order valence-electron chi connectivity index (χ0n) is 33.9. The number of rotatable bonds is 6. The molecule has 4 aromatic heterocycles. The lowest BCUT2D eigenvalue weighted by molar-refractivity contribution is -0.421. The van der Waals surface area contributed by atoms with Crippen LogP contribution in [0.1, 0.15) is 81.4 Å². The molecule has 1 saturated carbocycles. The van der Waals surface area contributed by atoms with E-state index >= 15 is 0 Å². The van der Waals surface area contributed by atoms with E-state index in [1.807, 2.05) is 36.6 Å². The number of hydrogen-bond acceptors (Lipinski definition) is 10. The van der Waals surface area contributed by atoms with Crippen molar-refractivity contribution < 1.29 is 28.4 Å². The second-order valence-electron chi connectivity index (χ2n) is 17.1. The molecular formula is C45H50N7O5S+. The quantitative estimate of drug-likeness (QED) is 0.151. The van der Waals surface area contributed by atoms with Gasteiger partial charge in [0.1, 0.15) is 11.0 Å². The van der Waals surface area contributed by atoms with Crippen LogP contribution in [0.25, 0.3) is 33.4 Å². The molecule has 4 aliphatic rings. The number of ether oxygens (including phenoxy) is 2. The molecule has 13 heteroatoms. The molecule has 1 aromatic carbocycles. The number of cyclic esters (lactones) is 1. The van der Waals surface area contributed by atoms with Crippen molar-refractivity contribution in [2.45, 2.75) is 90.4 Å². The highest BCUT2D eigenvalue weighted by Crippen LogP contribution is 2.55. The number of amides is 2. The molecule has 1 N–H and O–H groups in total. The minimum Gasteiger partial charge on any atom is -0.464 e. The van der Waals surface area contributed by atoms with Gasteiger partial charge in [-0.1, -0.05) is 32.9 Å². The van der Waals surface area contributed by atoms with E-state index in [1.165, 1.54) is 16.3 Å². The first kappa shape index (κ1) is 38.4. The van der Waals surface area contributed by atoms with E-state index in [4.69, 9.17) is 19.4 Å². The highest BCUT2D eigenvalue weighted by Gasteiger charge is 2.72. The maximum Gasteiger partial charge on any atom is 0.392 e. The van der Waals surface area contributed by atoms with Gasteiger partial charge in [-0.25, -0.2) is 15.2 Å². The van der Waals surface area contributed by atoms with Crippen LogP contribution in [0.3, 0.4) is 0 Å². The summed E-state index contributed by atoms with van der Waals surface area (Å²) in [6, 6.07) is 15.6. The Bertz CT molecular complexity index is 2470. The molecule has 3 aliphatic heterocycles. The Morgan fingerprint density at radius 2 is 1.95 bits per heavy atom. The van der Waals surface area contributed by atoms with Gasteiger partial charge in [-0.3, -0.25) is 24.6 Å². The number of hydrogen-bond donors (Lipinski definition) is 1. The number of pyridine rings is 2. The molecule has 300 valence electrons. The number of carbonyl (C=O) groups excluding carboxylic acids is 3. The predicted molar refractivity (Wildman–Crippen MR) is 221 cm³/mol. The average molecular weight is 801 g/mol. The van der Waals surface area contributed by atoms with Crippen molar-refractivity contribution >= 4 is 46.2 Å². The number of benzene rings is 1. The zero-order chi connectivity index (χ0) is 40.5. The molecule has 2 fully saturated rings. The molecule has 5 aromatic rings. The van der Waals surface area contributed by atoms with Gasteiger partial charge in [-0.2, -0.15) is 0 Å². The molecule has 9 rings (SSSR count). The molecule has 0 unspecified atom stereocenters. The maximum absolute atomic E-state index is 14.7. The van der Waals surface area contributed by atoms with Crippen LogP contribution in [-0.4, -0.2) is 84.9 Å². The first-order valence-corrected chi connectivity index (χ1v) is 21.3. The molecule has 1 spiro atoms. The fourth-order valence-electron chi connectivity index (χ4n) is 9.28. The third-order valence-electron chi connectivity index (χ3n) is 12.6. The Morgan fingerprint density at radius 1 is 1.12 bits per heavy atom. The van der Waals surface area contributed by atoms with Crippen molar-refractivity contribution in [3.8, 4) is 22.5 Å². The number of nitrogens with zero attached hydrogens (tertiary/aromatic N) is 6. The lowest BCUT2D eigenvalue weighted by Crippen LogP contribution is -2.60. The van der Waals surface area contributed by atoms with Gasteiger partial charge in [-0.05, 0) is 81.0 Å². The molecule has 2 amide bonds. The van der Waals surface area contributed by atoms with E-state index in [0.717, 1.165) is 61.9 Å². The van der Waals surface area contributed by atoms with Crippen LogP contribution in [0.5, 0.6) is 0 Å². The van der Waals surface area contributed by atoms with Crippen LogP contribution in [0.4, 0.5) is 0 Å². The molecule has 1 saturated heterocycles. The van der Waals surface area contributed by atoms with Gasteiger partial charge >= 0.3 is 23.3 Å². The van der Waals surface area contributed by atoms with Crippen LogP contribution in [0.2, 0.25) is 0 Å². The van der Waals surface area contributed by atoms with Gasteiger partial charge in [0.25, 0.3) is 0 Å². The Hall–Kier alpha value is -5.11. The molecule has 6 atom stereocenters. The normalized spacial score (nSPS) is 25.9. The number of aromatic nitrogens is 4. The number of aryl methyl sites for hydroxylation is 1. The van der Waals surface area contributed by atoms with Crippen LogP contribution in [0.15, 0.2) is 66.3 Å². The molecular weight excluding hydrogens is 751 g/mol. The van der Waals surface area contributed by atoms with E-state index in [1.54, 1.807) is 30.3 Å². The molecule has 12 nitrogen and oxygen atoms in total. The zero-order valence-corrected chi connectivity index (χ0v) is 34.7. The van der Waals surface area contributed by atoms with Gasteiger partial charge in [0.15, 0.2) is 0 Å². The fourth-order valence-corrected chi connectivity index (χ4v) is 10.2. The lowest BCUT2D eigenvalue weighted by Gasteiger charge is -2.34. The summed E-state index contributed by atoms with van der Waals surface area (Å²) in [6.07, 6.45) is 7.08. The summed E-state index contributed by atoms with van der Waals surface area (Å²) in [5, 5.41) is 5.41. The molecule has 58 heavy (non-hydrogen) atoms. The summed E-state index contributed by atoms with van der Waals surface area (Å²) < 4.78 is 15.9. The highest BCUT2D eigenvalue weighted by molar-refractivity contribution is 7.10. The SMILES string of the molecule is CCn1c(-c2cccnc2[C@H](C)OC)c2c3cc(ccc31)-c1csc(n1)C[C@@]1(C=[N+]1C(=O)[C@H]1[C@H](C)[C@@H]1c1ccccn1)C(=O)N1CCC[C@H](N1)C(=O)OCC(C)(C)C2. The van der Waals surface area contributed by atoms with E-state index in [9.17, 15) is 14.4 Å². The fraction of sp³-hybridized carbons (Fsp3) is 0.444. The third-order valence-corrected chi connectivity index (χ3v) is 13.4. The van der Waals surface area contributed by atoms with Gasteiger partial charge in [-0.15, -0.1) is 15.9 Å². The van der Waals surface area contributed by atoms with Gasteiger partial charge in [0, 0.05) is 77.0 Å². The second kappa shape index (κ2) is 14.6. The van der Waals surface area contributed by atoms with Crippen LogP contribution in [0, 0.1) is 17.3 Å². The summed E-state index contributed by atoms with van der Waals surface area (Å²) in [5.74, 6) is -0.937. The van der Waals surface area contributed by atoms with Gasteiger partial charge in [0.2, 0.25) is 6.21 Å². The lowest BCUT2D eigenvalue weighted by atomic mass is 9.84. The number of methoxy groups -OCH3 is 1. The second-order valence-corrected chi connectivity index (χ2v) is 18.0. The van der Waals surface area contributed by atoms with E-state index < -0.39 is 23.0 Å². The molecule has 0 radical (unpaired) electrons. The summed E-state index contributed by atoms with van der Waals surface area (Å²) >= 11 is 1.49. The number of carbonyl (C=O) groups is 3. The number of fused-ring (bicyclic) bond motifs is 6. The van der Waals surface area contributed by atoms with E-state index in [-0.39, 0.29) is 48.7 Å². The summed E-state index contributed by atoms with van der Waals surface area (Å²) in [4.78, 5) is 57.3. The Kier molecular flexibility index (Phi) is 9.68. The minimum atomic E-state index is -1.24. The standard InChI is InChI=1S/C45H50N7O5S/c1-7-50-35-16-15-28-20-30(35)31(40(50)29-12-10-18-47-39(29)27(3)56-6)21-44(4,5)25-57-42(54)33-14-11-19-52(49-33)43(55)45(22-36-48-34(28)23-58-36)24-51(45)41(53)38-26(2)37(38)32-13-8-9-17-46-32/h8-10,12-13,15-18,20,23-24,26-27,33,37-38,49H,7,11,14,19,21-22,25H2,1-6H3/q+1/t26-,27+,33+,37-,38+,45-/m1/s1. The van der Waals surface area contributed by atoms with E-state index in [2.05, 4.69) is 66.9 Å². The van der Waals surface area contributed by atoms with Crippen LogP contribution >= 0.6 is 11.3 Å². The van der Waals surface area contributed by atoms with Gasteiger partial charge < -0.3 is 14.0 Å². The van der Waals surface area contributed by atoms with Crippen molar-refractivity contribution in [2.24, 2.45) is 17.3 Å². The van der Waals surface area contributed by atoms with E-state index in [0.29, 0.717) is 25.8 Å². The summed E-state index contributed by atoms with van der Waals surface area (Å²) in [5.41, 5.74) is 9.33. The molecule has 6 bridgehead atoms. The van der Waals surface area contributed by atoms with Crippen molar-refractivity contribution in [3.05, 3.63) is 88.3 Å². The average Bonchev–Trinajstić information content (AvgIpc) is 4.03. The minimum absolute atomic E-state index is 0.00643. The highest BCUT2D eigenvalue weighted by atomic mass is 32.1.